The van der Waals surface area contributed by atoms with Crippen LogP contribution in [-0.4, -0.2) is 30.3 Å². The molecule has 0 bridgehead atoms. The van der Waals surface area contributed by atoms with Crippen LogP contribution in [0.5, 0.6) is 0 Å². The first-order valence-electron chi connectivity index (χ1n) is 7.68. The zero-order chi connectivity index (χ0) is 17.2. The van der Waals surface area contributed by atoms with Gasteiger partial charge in [-0.25, -0.2) is 9.59 Å². The lowest BCUT2D eigenvalue weighted by molar-refractivity contribution is 0.0493. The van der Waals surface area contributed by atoms with Gasteiger partial charge in [0.05, 0.1) is 10.4 Å². The molecule has 0 spiro atoms. The van der Waals surface area contributed by atoms with Gasteiger partial charge in [-0.15, -0.1) is 11.3 Å². The number of hydrogen-bond donors (Lipinski definition) is 1. The number of ether oxygens (including phenoxy) is 2. The van der Waals surface area contributed by atoms with Gasteiger partial charge in [-0.2, -0.15) is 0 Å². The Kier molecular flexibility index (Phi) is 5.73. The van der Waals surface area contributed by atoms with Crippen LogP contribution in [0.1, 0.15) is 54.9 Å². The minimum atomic E-state index is -0.510. The molecule has 7 heteroatoms. The summed E-state index contributed by atoms with van der Waals surface area (Å²) in [5.41, 5.74) is 1.62. The van der Waals surface area contributed by atoms with Crippen LogP contribution in [0.25, 0.3) is 0 Å². The Bertz CT molecular complexity index is 606. The Morgan fingerprint density at radius 2 is 2.04 bits per heavy atom. The van der Waals surface area contributed by atoms with Crippen molar-refractivity contribution in [1.82, 2.24) is 5.32 Å². The van der Waals surface area contributed by atoms with E-state index in [0.29, 0.717) is 17.9 Å². The number of amides is 1. The maximum Gasteiger partial charge on any atom is 0.407 e. The maximum atomic E-state index is 12.0. The average Bonchev–Trinajstić information content (AvgIpc) is 2.74. The number of thiophene rings is 1. The van der Waals surface area contributed by atoms with E-state index in [9.17, 15) is 9.59 Å². The Hall–Kier alpha value is -1.08. The van der Waals surface area contributed by atoms with E-state index >= 15 is 0 Å². The Morgan fingerprint density at radius 3 is 2.65 bits per heavy atom. The van der Waals surface area contributed by atoms with Crippen LogP contribution in [0.3, 0.4) is 0 Å². The molecule has 1 heterocycles. The average molecular weight is 404 g/mol. The number of esters is 1. The molecule has 0 saturated heterocycles. The number of fused-ring (bicyclic) bond motifs is 1. The molecule has 0 saturated carbocycles. The van der Waals surface area contributed by atoms with Crippen molar-refractivity contribution in [3.63, 3.8) is 0 Å². The molecule has 1 aliphatic carbocycles. The second kappa shape index (κ2) is 7.21. The highest BCUT2D eigenvalue weighted by Crippen LogP contribution is 2.38. The predicted octanol–water partition coefficient (Wildman–Crippen LogP) is 4.07. The number of carbonyl (C=O) groups excluding carboxylic acids is 2. The van der Waals surface area contributed by atoms with Gasteiger partial charge in [0.2, 0.25) is 0 Å². The summed E-state index contributed by atoms with van der Waals surface area (Å²) < 4.78 is 11.4. The third-order valence-corrected chi connectivity index (χ3v) is 5.45. The van der Waals surface area contributed by atoms with Crippen molar-refractivity contribution < 1.29 is 19.1 Å². The van der Waals surface area contributed by atoms with Gasteiger partial charge in [0, 0.05) is 6.04 Å². The molecule has 1 unspecified atom stereocenters. The van der Waals surface area contributed by atoms with Crippen LogP contribution in [-0.2, 0) is 22.3 Å². The highest BCUT2D eigenvalue weighted by molar-refractivity contribution is 9.11. The second-order valence-corrected chi connectivity index (χ2v) is 8.81. The van der Waals surface area contributed by atoms with E-state index in [0.717, 1.165) is 27.8 Å². The molecule has 0 aliphatic heterocycles. The molecule has 5 nitrogen and oxygen atoms in total. The summed E-state index contributed by atoms with van der Waals surface area (Å²) in [6.45, 7) is 7.69. The van der Waals surface area contributed by atoms with Crippen molar-refractivity contribution in [2.24, 2.45) is 0 Å². The van der Waals surface area contributed by atoms with Gasteiger partial charge >= 0.3 is 12.1 Å². The molecular formula is C16H22BrNO4S. The number of halogens is 1. The van der Waals surface area contributed by atoms with Crippen molar-refractivity contribution >= 4 is 39.3 Å². The molecule has 1 aromatic rings. The zero-order valence-corrected chi connectivity index (χ0v) is 16.2. The first kappa shape index (κ1) is 18.3. The molecule has 2 rings (SSSR count). The number of carbonyl (C=O) groups is 2. The SMILES string of the molecule is CCOC(=O)c1sc(Br)c2c1CCC(NC(=O)OC(C)(C)C)C2. The second-order valence-electron chi connectivity index (χ2n) is 6.47. The van der Waals surface area contributed by atoms with Crippen molar-refractivity contribution in [2.45, 2.75) is 58.6 Å². The van der Waals surface area contributed by atoms with Crippen LogP contribution < -0.4 is 5.32 Å². The van der Waals surface area contributed by atoms with Crippen LogP contribution in [0.2, 0.25) is 0 Å². The summed E-state index contributed by atoms with van der Waals surface area (Å²) >= 11 is 4.94. The van der Waals surface area contributed by atoms with Crippen LogP contribution >= 0.6 is 27.3 Å². The molecule has 1 aromatic heterocycles. The third kappa shape index (κ3) is 4.70. The van der Waals surface area contributed by atoms with E-state index in [1.54, 1.807) is 6.92 Å². The minimum absolute atomic E-state index is 0.0123. The lowest BCUT2D eigenvalue weighted by atomic mass is 9.90. The fourth-order valence-corrected chi connectivity index (χ4v) is 4.45. The molecule has 23 heavy (non-hydrogen) atoms. The van der Waals surface area contributed by atoms with Crippen molar-refractivity contribution in [3.8, 4) is 0 Å². The van der Waals surface area contributed by atoms with E-state index in [4.69, 9.17) is 9.47 Å². The van der Waals surface area contributed by atoms with Crippen LogP contribution in [0, 0.1) is 0 Å². The summed E-state index contributed by atoms with van der Waals surface area (Å²) in [5.74, 6) is -0.266. The van der Waals surface area contributed by atoms with Gasteiger partial charge in [-0.1, -0.05) is 0 Å². The zero-order valence-electron chi connectivity index (χ0n) is 13.8. The fraction of sp³-hybridized carbons (Fsp3) is 0.625. The maximum absolute atomic E-state index is 12.0. The summed E-state index contributed by atoms with van der Waals surface area (Å²) in [6.07, 6.45) is 1.81. The highest BCUT2D eigenvalue weighted by atomic mass is 79.9. The fourth-order valence-electron chi connectivity index (χ4n) is 2.56. The molecule has 1 aliphatic rings. The molecule has 0 aromatic carbocycles. The minimum Gasteiger partial charge on any atom is -0.462 e. The van der Waals surface area contributed by atoms with Crippen LogP contribution in [0.15, 0.2) is 3.79 Å². The van der Waals surface area contributed by atoms with Crippen LogP contribution in [0.4, 0.5) is 4.79 Å². The number of hydrogen-bond acceptors (Lipinski definition) is 5. The Morgan fingerprint density at radius 1 is 1.35 bits per heavy atom. The van der Waals surface area contributed by atoms with Gasteiger partial charge in [0.15, 0.2) is 0 Å². The van der Waals surface area contributed by atoms with E-state index in [1.807, 2.05) is 20.8 Å². The number of alkyl carbamates (subject to hydrolysis) is 1. The van der Waals surface area contributed by atoms with E-state index in [2.05, 4.69) is 21.2 Å². The predicted molar refractivity (Wildman–Crippen MR) is 93.2 cm³/mol. The van der Waals surface area contributed by atoms with E-state index < -0.39 is 11.7 Å². The summed E-state index contributed by atoms with van der Waals surface area (Å²) in [7, 11) is 0. The molecule has 0 fully saturated rings. The first-order valence-corrected chi connectivity index (χ1v) is 9.29. The largest absolute Gasteiger partial charge is 0.462 e. The normalized spacial score (nSPS) is 17.3. The molecular weight excluding hydrogens is 382 g/mol. The van der Waals surface area contributed by atoms with Crippen molar-refractivity contribution in [3.05, 3.63) is 19.8 Å². The third-order valence-electron chi connectivity index (χ3n) is 3.44. The smallest absolute Gasteiger partial charge is 0.407 e. The summed E-state index contributed by atoms with van der Waals surface area (Å²) in [6, 6.07) is 0.0123. The topological polar surface area (TPSA) is 64.6 Å². The van der Waals surface area contributed by atoms with Gasteiger partial charge in [-0.05, 0) is 74.0 Å². The van der Waals surface area contributed by atoms with Crippen molar-refractivity contribution in [1.29, 1.82) is 0 Å². The van der Waals surface area contributed by atoms with E-state index in [-0.39, 0.29) is 12.0 Å². The highest BCUT2D eigenvalue weighted by Gasteiger charge is 2.30. The molecule has 1 atom stereocenters. The first-order chi connectivity index (χ1) is 10.7. The van der Waals surface area contributed by atoms with Gasteiger partial charge < -0.3 is 14.8 Å². The molecule has 1 amide bonds. The van der Waals surface area contributed by atoms with E-state index in [1.165, 1.54) is 11.3 Å². The lowest BCUT2D eigenvalue weighted by Crippen LogP contribution is -2.41. The van der Waals surface area contributed by atoms with Crippen molar-refractivity contribution in [2.75, 3.05) is 6.61 Å². The monoisotopic (exact) mass is 403 g/mol. The molecule has 0 radical (unpaired) electrons. The summed E-state index contributed by atoms with van der Waals surface area (Å²) in [4.78, 5) is 24.6. The summed E-state index contributed by atoms with van der Waals surface area (Å²) in [5, 5.41) is 2.91. The lowest BCUT2D eigenvalue weighted by Gasteiger charge is -2.26. The Labute approximate surface area is 148 Å². The number of nitrogens with one attached hydrogen (secondary N) is 1. The molecule has 128 valence electrons. The standard InChI is InChI=1S/C16H22BrNO4S/c1-5-21-14(19)12-10-7-6-9(8-11(10)13(17)23-12)18-15(20)22-16(2,3)4/h9H,5-8H2,1-4H3,(H,18,20). The Balaban J connectivity index is 2.07. The molecule has 1 N–H and O–H groups in total. The van der Waals surface area contributed by atoms with Gasteiger partial charge in [0.1, 0.15) is 10.5 Å². The van der Waals surface area contributed by atoms with Gasteiger partial charge in [-0.3, -0.25) is 0 Å². The number of rotatable bonds is 3. The quantitative estimate of drug-likeness (QED) is 0.772. The van der Waals surface area contributed by atoms with Gasteiger partial charge in [0.25, 0.3) is 0 Å².